The predicted molar refractivity (Wildman–Crippen MR) is 118 cm³/mol. The van der Waals surface area contributed by atoms with Crippen molar-refractivity contribution in [3.05, 3.63) is 84.1 Å². The fourth-order valence-corrected chi connectivity index (χ4v) is 4.02. The number of rotatable bonds is 2. The van der Waals surface area contributed by atoms with E-state index in [2.05, 4.69) is 40.8 Å². The summed E-state index contributed by atoms with van der Waals surface area (Å²) in [4.78, 5) is 10.3. The number of benzene rings is 3. The molecule has 0 spiro atoms. The molecule has 144 valence electrons. The van der Waals surface area contributed by atoms with Gasteiger partial charge >= 0.3 is 0 Å². The molecule has 1 unspecified atom stereocenters. The van der Waals surface area contributed by atoms with Crippen molar-refractivity contribution in [2.45, 2.75) is 12.3 Å². The molecule has 0 amide bonds. The molecule has 1 atom stereocenters. The minimum absolute atomic E-state index is 0.274. The maximum absolute atomic E-state index is 6.01. The molecule has 5 rings (SSSR count). The lowest BCUT2D eigenvalue weighted by molar-refractivity contribution is 0.197. The molecule has 0 fully saturated rings. The monoisotopic (exact) mass is 382 g/mol. The van der Waals surface area contributed by atoms with Crippen molar-refractivity contribution in [1.29, 1.82) is 0 Å². The van der Waals surface area contributed by atoms with Crippen LogP contribution in [0.3, 0.4) is 0 Å². The van der Waals surface area contributed by atoms with Crippen LogP contribution in [0.4, 0.5) is 11.4 Å². The first kappa shape index (κ1) is 17.5. The third-order valence-corrected chi connectivity index (χ3v) is 5.58. The van der Waals surface area contributed by atoms with Gasteiger partial charge in [0.15, 0.2) is 0 Å². The van der Waals surface area contributed by atoms with Crippen molar-refractivity contribution in [1.82, 2.24) is 10.5 Å². The number of aromatic nitrogens is 1. The first-order valence-corrected chi connectivity index (χ1v) is 9.71. The maximum atomic E-state index is 6.01. The summed E-state index contributed by atoms with van der Waals surface area (Å²) in [7, 11) is 0. The lowest BCUT2D eigenvalue weighted by Crippen LogP contribution is -2.23. The number of nitrogens with two attached hydrogens (primary N) is 2. The number of hydrogen-bond donors (Lipinski definition) is 3. The number of nitrogens with zero attached hydrogens (tertiary/aromatic N) is 1. The largest absolute Gasteiger partial charge is 0.408 e. The highest BCUT2D eigenvalue weighted by Gasteiger charge is 2.21. The highest BCUT2D eigenvalue weighted by molar-refractivity contribution is 5.82. The molecule has 1 aliphatic rings. The van der Waals surface area contributed by atoms with E-state index < -0.39 is 0 Å². The SMILES string of the molecule is Nc1ccc(-c2ccc3c(c2)CC(c2ccnc4ccccc24)CNO3)cc1N. The second-order valence-corrected chi connectivity index (χ2v) is 7.44. The summed E-state index contributed by atoms with van der Waals surface area (Å²) in [6.07, 6.45) is 2.76. The normalized spacial score (nSPS) is 16.1. The number of fused-ring (bicyclic) bond motifs is 2. The maximum Gasteiger partial charge on any atom is 0.150 e. The lowest BCUT2D eigenvalue weighted by atomic mass is 9.89. The van der Waals surface area contributed by atoms with Crippen molar-refractivity contribution in [2.24, 2.45) is 0 Å². The van der Waals surface area contributed by atoms with Gasteiger partial charge in [-0.25, -0.2) is 0 Å². The van der Waals surface area contributed by atoms with Crippen molar-refractivity contribution in [2.75, 3.05) is 18.0 Å². The Balaban J connectivity index is 1.54. The van der Waals surface area contributed by atoms with E-state index in [9.17, 15) is 0 Å². The molecule has 0 saturated heterocycles. The van der Waals surface area contributed by atoms with Crippen molar-refractivity contribution in [3.8, 4) is 16.9 Å². The summed E-state index contributed by atoms with van der Waals surface area (Å²) < 4.78 is 0. The molecular formula is C24H22N4O. The Morgan fingerprint density at radius 1 is 0.897 bits per heavy atom. The topological polar surface area (TPSA) is 86.2 Å². The summed E-state index contributed by atoms with van der Waals surface area (Å²) in [5.74, 6) is 1.13. The molecule has 3 aromatic carbocycles. The first-order valence-electron chi connectivity index (χ1n) is 9.71. The second kappa shape index (κ2) is 7.11. The average molecular weight is 382 g/mol. The Hall–Kier alpha value is -3.57. The Labute approximate surface area is 169 Å². The van der Waals surface area contributed by atoms with Crippen LogP contribution in [0.2, 0.25) is 0 Å². The molecule has 5 heteroatoms. The number of anilines is 2. The van der Waals surface area contributed by atoms with Crippen LogP contribution in [0.25, 0.3) is 22.0 Å². The Bertz CT molecular complexity index is 1200. The molecule has 4 aromatic rings. The second-order valence-electron chi connectivity index (χ2n) is 7.44. The molecular weight excluding hydrogens is 360 g/mol. The summed E-state index contributed by atoms with van der Waals surface area (Å²) in [5, 5.41) is 1.19. The van der Waals surface area contributed by atoms with E-state index in [1.54, 1.807) is 0 Å². The molecule has 2 heterocycles. The number of nitrogens with one attached hydrogen (secondary N) is 1. The summed E-state index contributed by atoms with van der Waals surface area (Å²) in [5.41, 5.74) is 21.8. The van der Waals surface area contributed by atoms with Crippen molar-refractivity contribution >= 4 is 22.3 Å². The van der Waals surface area contributed by atoms with Crippen molar-refractivity contribution in [3.63, 3.8) is 0 Å². The van der Waals surface area contributed by atoms with Crippen LogP contribution < -0.4 is 21.8 Å². The van der Waals surface area contributed by atoms with Crippen LogP contribution in [-0.4, -0.2) is 11.5 Å². The highest BCUT2D eigenvalue weighted by Crippen LogP contribution is 2.35. The number of para-hydroxylation sites is 1. The van der Waals surface area contributed by atoms with E-state index in [-0.39, 0.29) is 5.92 Å². The van der Waals surface area contributed by atoms with E-state index in [0.717, 1.165) is 40.9 Å². The van der Waals surface area contributed by atoms with Crippen molar-refractivity contribution < 1.29 is 4.84 Å². The lowest BCUT2D eigenvalue weighted by Gasteiger charge is -2.16. The molecule has 5 nitrogen and oxygen atoms in total. The fourth-order valence-electron chi connectivity index (χ4n) is 4.02. The van der Waals surface area contributed by atoms with E-state index >= 15 is 0 Å². The van der Waals surface area contributed by atoms with Crippen LogP contribution in [0, 0.1) is 0 Å². The molecule has 5 N–H and O–H groups in total. The standard InChI is InChI=1S/C24H22N4O/c25-21-7-5-16(13-22(21)26)15-6-8-24-17(11-15)12-18(14-28-29-24)19-9-10-27-23-4-2-1-3-20(19)23/h1-11,13,18,28H,12,14,25-26H2. The smallest absolute Gasteiger partial charge is 0.150 e. The Kier molecular flexibility index (Phi) is 4.30. The van der Waals surface area contributed by atoms with Gasteiger partial charge in [-0.05, 0) is 65.1 Å². The Morgan fingerprint density at radius 2 is 1.72 bits per heavy atom. The zero-order chi connectivity index (χ0) is 19.8. The van der Waals surface area contributed by atoms with Crippen LogP contribution in [0.1, 0.15) is 17.0 Å². The fraction of sp³-hybridized carbons (Fsp3) is 0.125. The number of pyridine rings is 1. The molecule has 1 aliphatic heterocycles. The third kappa shape index (κ3) is 3.26. The molecule has 0 saturated carbocycles. The van der Waals surface area contributed by atoms with Crippen LogP contribution in [0.15, 0.2) is 72.9 Å². The molecule has 1 aromatic heterocycles. The molecule has 0 radical (unpaired) electrons. The van der Waals surface area contributed by atoms with Crippen LogP contribution in [0.5, 0.6) is 5.75 Å². The average Bonchev–Trinajstić information content (AvgIpc) is 2.97. The quantitative estimate of drug-likeness (QED) is 0.450. The van der Waals surface area contributed by atoms with Gasteiger partial charge in [0, 0.05) is 24.0 Å². The van der Waals surface area contributed by atoms with Gasteiger partial charge < -0.3 is 16.3 Å². The van der Waals surface area contributed by atoms with Gasteiger partial charge in [0.2, 0.25) is 0 Å². The first-order chi connectivity index (χ1) is 14.2. The van der Waals surface area contributed by atoms with Crippen LogP contribution >= 0.6 is 0 Å². The highest BCUT2D eigenvalue weighted by atomic mass is 16.6. The summed E-state index contributed by atoms with van der Waals surface area (Å²) in [6.45, 7) is 0.729. The predicted octanol–water partition coefficient (Wildman–Crippen LogP) is 4.29. The van der Waals surface area contributed by atoms with E-state index in [1.807, 2.05) is 42.6 Å². The minimum Gasteiger partial charge on any atom is -0.408 e. The van der Waals surface area contributed by atoms with Gasteiger partial charge in [0.25, 0.3) is 0 Å². The van der Waals surface area contributed by atoms with E-state index in [0.29, 0.717) is 11.4 Å². The molecule has 29 heavy (non-hydrogen) atoms. The van der Waals surface area contributed by atoms with E-state index in [4.69, 9.17) is 16.3 Å². The van der Waals surface area contributed by atoms with Gasteiger partial charge in [0.05, 0.1) is 16.9 Å². The zero-order valence-electron chi connectivity index (χ0n) is 15.9. The summed E-state index contributed by atoms with van der Waals surface area (Å²) >= 11 is 0. The number of hydrogen-bond acceptors (Lipinski definition) is 5. The van der Waals surface area contributed by atoms with Crippen LogP contribution in [-0.2, 0) is 6.42 Å². The summed E-state index contributed by atoms with van der Waals surface area (Å²) in [6, 6.07) is 22.4. The van der Waals surface area contributed by atoms with E-state index in [1.165, 1.54) is 10.9 Å². The number of hydroxylamine groups is 1. The van der Waals surface area contributed by atoms with Gasteiger partial charge in [-0.3, -0.25) is 4.98 Å². The third-order valence-electron chi connectivity index (χ3n) is 5.58. The Morgan fingerprint density at radius 3 is 2.62 bits per heavy atom. The minimum atomic E-state index is 0.274. The molecule has 0 bridgehead atoms. The van der Waals surface area contributed by atoms with Gasteiger partial charge in [-0.1, -0.05) is 30.3 Å². The van der Waals surface area contributed by atoms with Gasteiger partial charge in [-0.15, -0.1) is 0 Å². The number of nitrogen functional groups attached to an aromatic ring is 2. The van der Waals surface area contributed by atoms with Gasteiger partial charge in [0.1, 0.15) is 5.75 Å². The molecule has 0 aliphatic carbocycles. The van der Waals surface area contributed by atoms with Gasteiger partial charge in [-0.2, -0.15) is 5.48 Å². The zero-order valence-corrected chi connectivity index (χ0v) is 15.9.